The highest BCUT2D eigenvalue weighted by Crippen LogP contribution is 2.27. The average molecular weight is 371 g/mol. The van der Waals surface area contributed by atoms with Gasteiger partial charge >= 0.3 is 5.97 Å². The smallest absolute Gasteiger partial charge is 0.307 e. The first-order valence-corrected chi connectivity index (χ1v) is 10.6. The lowest BCUT2D eigenvalue weighted by molar-refractivity contribution is -0.138. The lowest BCUT2D eigenvalue weighted by Crippen LogP contribution is -2.20. The van der Waals surface area contributed by atoms with Crippen LogP contribution in [0.2, 0.25) is 0 Å². The van der Waals surface area contributed by atoms with Gasteiger partial charge in [0.25, 0.3) is 0 Å². The second-order valence-electron chi connectivity index (χ2n) is 7.43. The summed E-state index contributed by atoms with van der Waals surface area (Å²) >= 11 is 0. The van der Waals surface area contributed by atoms with Gasteiger partial charge < -0.3 is 9.84 Å². The molecule has 3 nitrogen and oxygen atoms in total. The summed E-state index contributed by atoms with van der Waals surface area (Å²) in [6, 6.07) is 14.0. The van der Waals surface area contributed by atoms with Gasteiger partial charge in [0.2, 0.25) is 0 Å². The Balaban J connectivity index is 1.78. The monoisotopic (exact) mass is 370 g/mol. The number of unbranched alkanes of at least 4 members (excludes halogenated alkanes) is 8. The lowest BCUT2D eigenvalue weighted by atomic mass is 10.0. The van der Waals surface area contributed by atoms with Crippen LogP contribution < -0.4 is 4.74 Å². The van der Waals surface area contributed by atoms with E-state index >= 15 is 0 Å². The van der Waals surface area contributed by atoms with Gasteiger partial charge in [-0.05, 0) is 24.3 Å². The molecule has 0 unspecified atom stereocenters. The van der Waals surface area contributed by atoms with Crippen LogP contribution in [-0.4, -0.2) is 17.2 Å². The molecule has 0 amide bonds. The summed E-state index contributed by atoms with van der Waals surface area (Å²) in [6.45, 7) is 2.24. The van der Waals surface area contributed by atoms with E-state index in [0.29, 0.717) is 0 Å². The second-order valence-corrected chi connectivity index (χ2v) is 7.43. The summed E-state index contributed by atoms with van der Waals surface area (Å²) in [4.78, 5) is 11.2. The molecule has 0 saturated carbocycles. The highest BCUT2D eigenvalue weighted by Gasteiger charge is 2.16. The Morgan fingerprint density at radius 3 is 2.22 bits per heavy atom. The number of hydrogen-bond acceptors (Lipinski definition) is 2. The molecule has 2 rings (SSSR count). The molecule has 1 atom stereocenters. The van der Waals surface area contributed by atoms with Crippen molar-refractivity contribution in [1.29, 1.82) is 0 Å². The zero-order valence-corrected chi connectivity index (χ0v) is 16.7. The molecule has 0 heterocycles. The first-order valence-electron chi connectivity index (χ1n) is 10.6. The Labute approximate surface area is 163 Å². The zero-order chi connectivity index (χ0) is 19.3. The first-order chi connectivity index (χ1) is 13.2. The molecule has 27 heavy (non-hydrogen) atoms. The van der Waals surface area contributed by atoms with Gasteiger partial charge in [0.1, 0.15) is 11.9 Å². The van der Waals surface area contributed by atoms with E-state index in [1.165, 1.54) is 44.9 Å². The van der Waals surface area contributed by atoms with E-state index < -0.39 is 5.97 Å². The minimum atomic E-state index is -0.795. The van der Waals surface area contributed by atoms with Gasteiger partial charge in [0.15, 0.2) is 0 Å². The number of fused-ring (bicyclic) bond motifs is 1. The van der Waals surface area contributed by atoms with Crippen LogP contribution in [0.4, 0.5) is 0 Å². The number of carbonyl (C=O) groups is 1. The number of hydrogen-bond donors (Lipinski definition) is 1. The third-order valence-electron chi connectivity index (χ3n) is 5.08. The van der Waals surface area contributed by atoms with Crippen molar-refractivity contribution in [3.05, 3.63) is 42.5 Å². The van der Waals surface area contributed by atoms with E-state index in [4.69, 9.17) is 4.74 Å². The Bertz CT molecular complexity index is 675. The quantitative estimate of drug-likeness (QED) is 0.365. The van der Waals surface area contributed by atoms with Crippen molar-refractivity contribution < 1.29 is 14.6 Å². The van der Waals surface area contributed by atoms with Crippen molar-refractivity contribution in [3.8, 4) is 5.75 Å². The van der Waals surface area contributed by atoms with Crippen LogP contribution >= 0.6 is 0 Å². The van der Waals surface area contributed by atoms with Crippen LogP contribution in [0.5, 0.6) is 5.75 Å². The van der Waals surface area contributed by atoms with Gasteiger partial charge in [-0.3, -0.25) is 4.79 Å². The molecule has 0 bridgehead atoms. The van der Waals surface area contributed by atoms with Gasteiger partial charge in [-0.25, -0.2) is 0 Å². The maximum atomic E-state index is 11.2. The van der Waals surface area contributed by atoms with Gasteiger partial charge in [0.05, 0.1) is 6.42 Å². The van der Waals surface area contributed by atoms with Gasteiger partial charge in [-0.15, -0.1) is 0 Å². The molecule has 2 aromatic carbocycles. The molecule has 0 saturated heterocycles. The number of carboxylic acids is 1. The molecule has 0 radical (unpaired) electrons. The summed E-state index contributed by atoms with van der Waals surface area (Å²) in [5, 5.41) is 11.4. The molecule has 0 aliphatic rings. The van der Waals surface area contributed by atoms with E-state index in [-0.39, 0.29) is 12.5 Å². The number of carboxylic acid groups (broad SMARTS) is 1. The largest absolute Gasteiger partial charge is 0.489 e. The third-order valence-corrected chi connectivity index (χ3v) is 5.08. The molecule has 0 aromatic heterocycles. The van der Waals surface area contributed by atoms with Gasteiger partial charge in [0, 0.05) is 5.39 Å². The topological polar surface area (TPSA) is 46.5 Å². The van der Waals surface area contributed by atoms with Crippen molar-refractivity contribution in [2.75, 3.05) is 0 Å². The standard InChI is InChI=1S/C24H34O3/c1-2-3-4-5-6-7-8-9-10-16-21(19-24(25)26)27-23-18-13-15-20-14-11-12-17-22(20)23/h11-15,17-18,21H,2-10,16,19H2,1H3,(H,25,26)/t21-/m1/s1. The van der Waals surface area contributed by atoms with E-state index in [1.54, 1.807) is 0 Å². The number of aliphatic carboxylic acids is 1. The molecular formula is C24H34O3. The number of ether oxygens (including phenoxy) is 1. The number of benzene rings is 2. The summed E-state index contributed by atoms with van der Waals surface area (Å²) in [7, 11) is 0. The normalized spacial score (nSPS) is 12.2. The Morgan fingerprint density at radius 1 is 0.889 bits per heavy atom. The fourth-order valence-corrected chi connectivity index (χ4v) is 3.56. The Hall–Kier alpha value is -2.03. The molecule has 2 aromatic rings. The van der Waals surface area contributed by atoms with Gasteiger partial charge in [-0.1, -0.05) is 94.7 Å². The van der Waals surface area contributed by atoms with Crippen molar-refractivity contribution in [2.24, 2.45) is 0 Å². The average Bonchev–Trinajstić information content (AvgIpc) is 2.66. The molecule has 0 spiro atoms. The summed E-state index contributed by atoms with van der Waals surface area (Å²) in [5.74, 6) is -0.00793. The van der Waals surface area contributed by atoms with Crippen molar-refractivity contribution in [3.63, 3.8) is 0 Å². The Kier molecular flexibility index (Phi) is 9.75. The highest BCUT2D eigenvalue weighted by atomic mass is 16.5. The second kappa shape index (κ2) is 12.4. The molecule has 148 valence electrons. The minimum absolute atomic E-state index is 0.0558. The molecule has 0 fully saturated rings. The first kappa shape index (κ1) is 21.3. The van der Waals surface area contributed by atoms with E-state index in [9.17, 15) is 9.90 Å². The predicted octanol–water partition coefficient (Wildman–Crippen LogP) is 6.98. The molecule has 3 heteroatoms. The lowest BCUT2D eigenvalue weighted by Gasteiger charge is -2.19. The third kappa shape index (κ3) is 8.03. The van der Waals surface area contributed by atoms with Crippen LogP contribution in [0.15, 0.2) is 42.5 Å². The van der Waals surface area contributed by atoms with Crippen molar-refractivity contribution in [2.45, 2.75) is 83.7 Å². The summed E-state index contributed by atoms with van der Waals surface area (Å²) in [6.07, 6.45) is 12.0. The zero-order valence-electron chi connectivity index (χ0n) is 16.7. The molecular weight excluding hydrogens is 336 g/mol. The maximum absolute atomic E-state index is 11.2. The van der Waals surface area contributed by atoms with Gasteiger partial charge in [-0.2, -0.15) is 0 Å². The van der Waals surface area contributed by atoms with Crippen LogP contribution in [0.3, 0.4) is 0 Å². The van der Waals surface area contributed by atoms with E-state index in [0.717, 1.165) is 35.8 Å². The van der Waals surface area contributed by atoms with Crippen molar-refractivity contribution >= 4 is 16.7 Å². The fraction of sp³-hybridized carbons (Fsp3) is 0.542. The number of rotatable bonds is 14. The van der Waals surface area contributed by atoms with Crippen LogP contribution in [0.1, 0.15) is 77.6 Å². The van der Waals surface area contributed by atoms with Crippen LogP contribution in [0.25, 0.3) is 10.8 Å². The maximum Gasteiger partial charge on any atom is 0.307 e. The minimum Gasteiger partial charge on any atom is -0.489 e. The Morgan fingerprint density at radius 2 is 1.52 bits per heavy atom. The van der Waals surface area contributed by atoms with E-state index in [2.05, 4.69) is 19.1 Å². The predicted molar refractivity (Wildman–Crippen MR) is 112 cm³/mol. The van der Waals surface area contributed by atoms with E-state index in [1.807, 2.05) is 30.3 Å². The highest BCUT2D eigenvalue weighted by molar-refractivity contribution is 5.88. The van der Waals surface area contributed by atoms with Crippen LogP contribution in [-0.2, 0) is 4.79 Å². The SMILES string of the molecule is CCCCCCCCCCC[C@H](CC(=O)O)Oc1cccc2ccccc12. The summed E-state index contributed by atoms with van der Waals surface area (Å²) in [5.41, 5.74) is 0. The molecule has 1 N–H and O–H groups in total. The summed E-state index contributed by atoms with van der Waals surface area (Å²) < 4.78 is 6.13. The fourth-order valence-electron chi connectivity index (χ4n) is 3.56. The van der Waals surface area contributed by atoms with Crippen LogP contribution in [0, 0.1) is 0 Å². The molecule has 0 aliphatic carbocycles. The molecule has 0 aliphatic heterocycles. The van der Waals surface area contributed by atoms with Crippen molar-refractivity contribution in [1.82, 2.24) is 0 Å².